The van der Waals surface area contributed by atoms with Crippen molar-refractivity contribution in [3.8, 4) is 5.88 Å². The number of fused-ring (bicyclic) bond motifs is 1. The molecular formula is C11H16N2O3. The molecule has 0 aromatic carbocycles. The SMILES string of the molecule is CC(C)(O)C(C)(C)Oc1cnc2occn12. The van der Waals surface area contributed by atoms with Gasteiger partial charge in [-0.25, -0.2) is 4.40 Å². The molecule has 1 N–H and O–H groups in total. The maximum absolute atomic E-state index is 9.99. The number of oxazole rings is 1. The lowest BCUT2D eigenvalue weighted by Gasteiger charge is -2.36. The molecule has 88 valence electrons. The standard InChI is InChI=1S/C11H16N2O3/c1-10(2,14)11(3,4)16-8-7-12-9-13(8)5-6-15-9/h5-7,14H,1-4H3. The summed E-state index contributed by atoms with van der Waals surface area (Å²) in [5.41, 5.74) is -1.68. The largest absolute Gasteiger partial charge is 0.468 e. The van der Waals surface area contributed by atoms with E-state index in [0.717, 1.165) is 0 Å². The van der Waals surface area contributed by atoms with Gasteiger partial charge in [-0.3, -0.25) is 0 Å². The summed E-state index contributed by atoms with van der Waals surface area (Å²) in [5.74, 6) is 1.03. The van der Waals surface area contributed by atoms with Gasteiger partial charge in [0.15, 0.2) is 0 Å². The highest BCUT2D eigenvalue weighted by Crippen LogP contribution is 2.28. The molecule has 0 saturated heterocycles. The molecule has 0 saturated carbocycles. The molecule has 0 aliphatic carbocycles. The Bertz CT molecular complexity index is 491. The minimum Gasteiger partial charge on any atom is -0.468 e. The minimum atomic E-state index is -0.957. The first-order valence-corrected chi connectivity index (χ1v) is 5.13. The molecule has 2 heterocycles. The smallest absolute Gasteiger partial charge is 0.308 e. The topological polar surface area (TPSA) is 59.9 Å². The third kappa shape index (κ3) is 1.67. The van der Waals surface area contributed by atoms with Gasteiger partial charge in [0.1, 0.15) is 11.9 Å². The molecule has 2 aromatic rings. The normalized spacial score (nSPS) is 13.3. The van der Waals surface area contributed by atoms with E-state index in [0.29, 0.717) is 11.7 Å². The van der Waals surface area contributed by atoms with Gasteiger partial charge in [0.05, 0.1) is 18.0 Å². The number of aliphatic hydroxyl groups is 1. The lowest BCUT2D eigenvalue weighted by Crippen LogP contribution is -2.49. The quantitative estimate of drug-likeness (QED) is 0.864. The van der Waals surface area contributed by atoms with Crippen molar-refractivity contribution in [1.82, 2.24) is 9.38 Å². The monoisotopic (exact) mass is 224 g/mol. The summed E-state index contributed by atoms with van der Waals surface area (Å²) in [4.78, 5) is 4.03. The van der Waals surface area contributed by atoms with Crippen LogP contribution < -0.4 is 4.74 Å². The Hall–Kier alpha value is -1.49. The van der Waals surface area contributed by atoms with E-state index < -0.39 is 11.2 Å². The summed E-state index contributed by atoms with van der Waals surface area (Å²) in [6, 6.07) is 0. The van der Waals surface area contributed by atoms with Crippen LogP contribution in [0.2, 0.25) is 0 Å². The second-order valence-corrected chi connectivity index (χ2v) is 4.82. The maximum atomic E-state index is 9.99. The van der Waals surface area contributed by atoms with Gasteiger partial charge in [-0.2, -0.15) is 4.98 Å². The zero-order valence-electron chi connectivity index (χ0n) is 9.89. The van der Waals surface area contributed by atoms with Crippen LogP contribution in [-0.2, 0) is 0 Å². The van der Waals surface area contributed by atoms with Gasteiger partial charge in [-0.05, 0) is 27.7 Å². The van der Waals surface area contributed by atoms with Crippen molar-refractivity contribution < 1.29 is 14.3 Å². The zero-order chi connectivity index (χ0) is 12.0. The first-order valence-electron chi connectivity index (χ1n) is 5.13. The highest BCUT2D eigenvalue weighted by molar-refractivity contribution is 5.30. The fraction of sp³-hybridized carbons (Fsp3) is 0.545. The van der Waals surface area contributed by atoms with E-state index in [-0.39, 0.29) is 0 Å². The number of hydrogen-bond donors (Lipinski definition) is 1. The van der Waals surface area contributed by atoms with E-state index in [1.807, 2.05) is 13.8 Å². The summed E-state index contributed by atoms with van der Waals surface area (Å²) < 4.78 is 12.6. The van der Waals surface area contributed by atoms with Crippen molar-refractivity contribution in [2.75, 3.05) is 0 Å². The highest BCUT2D eigenvalue weighted by Gasteiger charge is 2.38. The number of ether oxygens (including phenoxy) is 1. The first kappa shape index (κ1) is 11.0. The zero-order valence-corrected chi connectivity index (χ0v) is 9.89. The molecule has 5 heteroatoms. The van der Waals surface area contributed by atoms with Crippen LogP contribution >= 0.6 is 0 Å². The van der Waals surface area contributed by atoms with Gasteiger partial charge in [0, 0.05) is 0 Å². The Balaban J connectivity index is 2.32. The van der Waals surface area contributed by atoms with Crippen LogP contribution in [0.4, 0.5) is 0 Å². The molecule has 16 heavy (non-hydrogen) atoms. The Morgan fingerprint density at radius 3 is 2.69 bits per heavy atom. The average molecular weight is 224 g/mol. The van der Waals surface area contributed by atoms with E-state index in [1.165, 1.54) is 6.26 Å². The number of hydrogen-bond acceptors (Lipinski definition) is 4. The third-order valence-corrected chi connectivity index (χ3v) is 2.95. The molecule has 0 spiro atoms. The third-order valence-electron chi connectivity index (χ3n) is 2.95. The van der Waals surface area contributed by atoms with Crippen molar-refractivity contribution in [2.24, 2.45) is 0 Å². The van der Waals surface area contributed by atoms with Crippen molar-refractivity contribution in [2.45, 2.75) is 38.9 Å². The van der Waals surface area contributed by atoms with Gasteiger partial charge >= 0.3 is 5.84 Å². The molecule has 0 unspecified atom stereocenters. The van der Waals surface area contributed by atoms with Crippen molar-refractivity contribution >= 4 is 5.84 Å². The molecule has 5 nitrogen and oxygen atoms in total. The number of aromatic nitrogens is 2. The van der Waals surface area contributed by atoms with Gasteiger partial charge < -0.3 is 14.3 Å². The van der Waals surface area contributed by atoms with E-state index in [9.17, 15) is 5.11 Å². The fourth-order valence-corrected chi connectivity index (χ4v) is 1.17. The molecule has 0 fully saturated rings. The van der Waals surface area contributed by atoms with Gasteiger partial charge in [-0.1, -0.05) is 0 Å². The molecular weight excluding hydrogens is 208 g/mol. The van der Waals surface area contributed by atoms with Gasteiger partial charge in [-0.15, -0.1) is 0 Å². The molecule has 0 aliphatic heterocycles. The Labute approximate surface area is 93.7 Å². The van der Waals surface area contributed by atoms with Crippen LogP contribution in [-0.4, -0.2) is 25.7 Å². The van der Waals surface area contributed by atoms with Gasteiger partial charge in [0.25, 0.3) is 0 Å². The Kier molecular flexibility index (Phi) is 2.24. The van der Waals surface area contributed by atoms with E-state index >= 15 is 0 Å². The van der Waals surface area contributed by atoms with Crippen molar-refractivity contribution in [3.05, 3.63) is 18.7 Å². The summed E-state index contributed by atoms with van der Waals surface area (Å²) in [7, 11) is 0. The van der Waals surface area contributed by atoms with Crippen molar-refractivity contribution in [1.29, 1.82) is 0 Å². The predicted octanol–water partition coefficient (Wildman–Crippen LogP) is 1.86. The highest BCUT2D eigenvalue weighted by atomic mass is 16.5. The van der Waals surface area contributed by atoms with Crippen LogP contribution in [0.15, 0.2) is 23.1 Å². The first-order chi connectivity index (χ1) is 7.31. The predicted molar refractivity (Wildman–Crippen MR) is 58.5 cm³/mol. The Morgan fingerprint density at radius 2 is 2.06 bits per heavy atom. The van der Waals surface area contributed by atoms with Crippen LogP contribution in [0.3, 0.4) is 0 Å². The van der Waals surface area contributed by atoms with Crippen LogP contribution in [0.25, 0.3) is 5.84 Å². The fourth-order valence-electron chi connectivity index (χ4n) is 1.17. The lowest BCUT2D eigenvalue weighted by molar-refractivity contribution is -0.0929. The molecule has 0 aliphatic rings. The molecule has 2 rings (SSSR count). The Morgan fingerprint density at radius 1 is 1.38 bits per heavy atom. The summed E-state index contributed by atoms with van der Waals surface area (Å²) >= 11 is 0. The van der Waals surface area contributed by atoms with Gasteiger partial charge in [0.2, 0.25) is 5.88 Å². The van der Waals surface area contributed by atoms with Crippen molar-refractivity contribution in [3.63, 3.8) is 0 Å². The number of nitrogens with zero attached hydrogens (tertiary/aromatic N) is 2. The maximum Gasteiger partial charge on any atom is 0.308 e. The molecule has 0 bridgehead atoms. The second kappa shape index (κ2) is 3.25. The van der Waals surface area contributed by atoms with E-state index in [1.54, 1.807) is 30.6 Å². The summed E-state index contributed by atoms with van der Waals surface area (Å²) in [6.45, 7) is 7.07. The summed E-state index contributed by atoms with van der Waals surface area (Å²) in [5, 5.41) is 9.99. The lowest BCUT2D eigenvalue weighted by atomic mass is 9.89. The van der Waals surface area contributed by atoms with Crippen LogP contribution in [0, 0.1) is 0 Å². The molecule has 0 atom stereocenters. The second-order valence-electron chi connectivity index (χ2n) is 4.82. The molecule has 2 aromatic heterocycles. The average Bonchev–Trinajstić information content (AvgIpc) is 2.67. The van der Waals surface area contributed by atoms with Crippen LogP contribution in [0.1, 0.15) is 27.7 Å². The van der Waals surface area contributed by atoms with Crippen LogP contribution in [0.5, 0.6) is 5.88 Å². The number of rotatable bonds is 3. The molecule has 0 amide bonds. The minimum absolute atomic E-state index is 0.474. The summed E-state index contributed by atoms with van der Waals surface area (Å²) in [6.07, 6.45) is 4.83. The molecule has 0 radical (unpaired) electrons. The number of imidazole rings is 1. The van der Waals surface area contributed by atoms with E-state index in [2.05, 4.69) is 4.98 Å². The van der Waals surface area contributed by atoms with E-state index in [4.69, 9.17) is 9.15 Å².